The maximum atomic E-state index is 12.6. The third-order valence-corrected chi connectivity index (χ3v) is 4.52. The molecule has 0 radical (unpaired) electrons. The predicted octanol–water partition coefficient (Wildman–Crippen LogP) is 3.49. The lowest BCUT2D eigenvalue weighted by Gasteiger charge is -2.21. The highest BCUT2D eigenvalue weighted by Gasteiger charge is 2.23. The van der Waals surface area contributed by atoms with Crippen LogP contribution in [0.1, 0.15) is 22.7 Å². The summed E-state index contributed by atoms with van der Waals surface area (Å²) in [4.78, 5) is 12.6. The van der Waals surface area contributed by atoms with Crippen molar-refractivity contribution in [2.75, 3.05) is 19.0 Å². The number of amides is 1. The van der Waals surface area contributed by atoms with Gasteiger partial charge in [0, 0.05) is 23.8 Å². The first kappa shape index (κ1) is 19.4. The average molecular weight is 396 g/mol. The van der Waals surface area contributed by atoms with E-state index in [2.05, 4.69) is 16.0 Å². The van der Waals surface area contributed by atoms with E-state index >= 15 is 0 Å². The second-order valence-corrected chi connectivity index (χ2v) is 6.66. The fourth-order valence-corrected chi connectivity index (χ4v) is 3.23. The molecule has 1 amide bonds. The van der Waals surface area contributed by atoms with Crippen molar-refractivity contribution < 1.29 is 18.3 Å². The smallest absolute Gasteiger partial charge is 0.255 e. The van der Waals surface area contributed by atoms with Crippen molar-refractivity contribution in [1.82, 2.24) is 10.6 Å². The first-order chi connectivity index (χ1) is 13.0. The summed E-state index contributed by atoms with van der Waals surface area (Å²) < 4.78 is 30.3. The van der Waals surface area contributed by atoms with Gasteiger partial charge in [0.05, 0.1) is 13.7 Å². The molecule has 1 heterocycles. The molecule has 1 atom stereocenters. The van der Waals surface area contributed by atoms with E-state index in [-0.39, 0.29) is 0 Å². The summed E-state index contributed by atoms with van der Waals surface area (Å²) in [6.07, 6.45) is -2.63. The maximum Gasteiger partial charge on any atom is 0.255 e. The number of carbonyl (C=O) groups excluding carboxylic acids is 1. The van der Waals surface area contributed by atoms with Gasteiger partial charge in [-0.2, -0.15) is 0 Å². The standard InChI is InChI=1S/C19H20ClF2N3O2/c1-27-16-6-12(4-14(20)7-16)18(19(26)24-10-17(21)22)25-15-3-2-11-8-23-9-13(11)5-15/h2-7,17-18,23,25H,8-10H2,1H3,(H,24,26)/t18-/m0/s1. The van der Waals surface area contributed by atoms with Gasteiger partial charge in [-0.25, -0.2) is 8.78 Å². The fourth-order valence-electron chi connectivity index (χ4n) is 3.00. The number of methoxy groups -OCH3 is 1. The van der Waals surface area contributed by atoms with Crippen LogP contribution >= 0.6 is 11.6 Å². The Morgan fingerprint density at radius 3 is 2.74 bits per heavy atom. The average Bonchev–Trinajstić information content (AvgIpc) is 3.11. The number of alkyl halides is 2. The Labute approximate surface area is 161 Å². The Morgan fingerprint density at radius 2 is 2.00 bits per heavy atom. The van der Waals surface area contributed by atoms with E-state index in [0.717, 1.165) is 18.7 Å². The zero-order valence-electron chi connectivity index (χ0n) is 14.7. The lowest BCUT2D eigenvalue weighted by Crippen LogP contribution is -2.36. The zero-order chi connectivity index (χ0) is 19.4. The van der Waals surface area contributed by atoms with Crippen molar-refractivity contribution in [3.63, 3.8) is 0 Å². The van der Waals surface area contributed by atoms with E-state index in [1.807, 2.05) is 18.2 Å². The van der Waals surface area contributed by atoms with Crippen molar-refractivity contribution in [3.8, 4) is 5.75 Å². The molecule has 5 nitrogen and oxygen atoms in total. The number of anilines is 1. The molecule has 3 rings (SSSR count). The van der Waals surface area contributed by atoms with Gasteiger partial charge in [-0.3, -0.25) is 4.79 Å². The van der Waals surface area contributed by atoms with Crippen molar-refractivity contribution in [2.45, 2.75) is 25.6 Å². The number of carbonyl (C=O) groups is 1. The van der Waals surface area contributed by atoms with E-state index in [1.54, 1.807) is 18.2 Å². The predicted molar refractivity (Wildman–Crippen MR) is 100 cm³/mol. The molecule has 3 N–H and O–H groups in total. The summed E-state index contributed by atoms with van der Waals surface area (Å²) >= 11 is 6.12. The van der Waals surface area contributed by atoms with Gasteiger partial charge in [-0.1, -0.05) is 17.7 Å². The van der Waals surface area contributed by atoms with Gasteiger partial charge in [0.15, 0.2) is 0 Å². The molecule has 0 saturated carbocycles. The van der Waals surface area contributed by atoms with Crippen LogP contribution < -0.4 is 20.7 Å². The number of fused-ring (bicyclic) bond motifs is 1. The molecule has 8 heteroatoms. The summed E-state index contributed by atoms with van der Waals surface area (Å²) in [6.45, 7) is 0.834. The second kappa shape index (κ2) is 8.54. The summed E-state index contributed by atoms with van der Waals surface area (Å²) in [5, 5.41) is 9.03. The topological polar surface area (TPSA) is 62.4 Å². The van der Waals surface area contributed by atoms with E-state index < -0.39 is 24.9 Å². The molecule has 0 bridgehead atoms. The van der Waals surface area contributed by atoms with E-state index in [9.17, 15) is 13.6 Å². The fraction of sp³-hybridized carbons (Fsp3) is 0.316. The van der Waals surface area contributed by atoms with Crippen molar-refractivity contribution in [1.29, 1.82) is 0 Å². The molecule has 0 unspecified atom stereocenters. The Hall–Kier alpha value is -2.38. The molecular formula is C19H20ClF2N3O2. The Bertz CT molecular complexity index is 833. The molecule has 0 spiro atoms. The lowest BCUT2D eigenvalue weighted by atomic mass is 10.0. The van der Waals surface area contributed by atoms with Crippen LogP contribution in [0.4, 0.5) is 14.5 Å². The summed E-state index contributed by atoms with van der Waals surface area (Å²) in [5.41, 5.74) is 3.57. The van der Waals surface area contributed by atoms with Gasteiger partial charge in [0.25, 0.3) is 6.43 Å². The van der Waals surface area contributed by atoms with Gasteiger partial charge in [-0.05, 0) is 47.0 Å². The zero-order valence-corrected chi connectivity index (χ0v) is 15.4. The van der Waals surface area contributed by atoms with Crippen LogP contribution in [-0.2, 0) is 17.9 Å². The second-order valence-electron chi connectivity index (χ2n) is 6.23. The number of hydrogen-bond acceptors (Lipinski definition) is 4. The van der Waals surface area contributed by atoms with Crippen LogP contribution in [0.2, 0.25) is 5.02 Å². The monoisotopic (exact) mass is 395 g/mol. The first-order valence-corrected chi connectivity index (χ1v) is 8.83. The SMILES string of the molecule is COc1cc(Cl)cc([C@H](Nc2ccc3c(c2)CNC3)C(=O)NCC(F)F)c1. The van der Waals surface area contributed by atoms with E-state index in [0.29, 0.717) is 22.0 Å². The number of nitrogens with one attached hydrogen (secondary N) is 3. The Balaban J connectivity index is 1.89. The van der Waals surface area contributed by atoms with Gasteiger partial charge in [0.1, 0.15) is 11.8 Å². The van der Waals surface area contributed by atoms with Crippen molar-refractivity contribution in [2.24, 2.45) is 0 Å². The molecule has 0 fully saturated rings. The minimum Gasteiger partial charge on any atom is -0.497 e. The third-order valence-electron chi connectivity index (χ3n) is 4.30. The summed E-state index contributed by atoms with van der Waals surface area (Å²) in [6, 6.07) is 9.76. The largest absolute Gasteiger partial charge is 0.497 e. The summed E-state index contributed by atoms with van der Waals surface area (Å²) in [7, 11) is 1.49. The molecule has 2 aromatic carbocycles. The van der Waals surface area contributed by atoms with E-state index in [1.165, 1.54) is 12.7 Å². The Kier molecular flexibility index (Phi) is 6.13. The molecule has 0 aliphatic carbocycles. The molecule has 0 saturated heterocycles. The maximum absolute atomic E-state index is 12.6. The highest BCUT2D eigenvalue weighted by Crippen LogP contribution is 2.29. The van der Waals surface area contributed by atoms with Crippen LogP contribution in [0, 0.1) is 0 Å². The molecule has 1 aliphatic rings. The van der Waals surface area contributed by atoms with Gasteiger partial charge >= 0.3 is 0 Å². The summed E-state index contributed by atoms with van der Waals surface area (Å²) in [5.74, 6) is -0.0950. The van der Waals surface area contributed by atoms with Crippen LogP contribution in [0.15, 0.2) is 36.4 Å². The number of halogens is 3. The van der Waals surface area contributed by atoms with Crippen LogP contribution in [0.25, 0.3) is 0 Å². The quantitative estimate of drug-likeness (QED) is 0.671. The van der Waals surface area contributed by atoms with Gasteiger partial charge in [-0.15, -0.1) is 0 Å². The van der Waals surface area contributed by atoms with Crippen molar-refractivity contribution >= 4 is 23.2 Å². The van der Waals surface area contributed by atoms with Crippen LogP contribution in [-0.4, -0.2) is 26.0 Å². The molecule has 144 valence electrons. The lowest BCUT2D eigenvalue weighted by molar-refractivity contribution is -0.122. The van der Waals surface area contributed by atoms with Gasteiger partial charge < -0.3 is 20.7 Å². The Morgan fingerprint density at radius 1 is 1.22 bits per heavy atom. The van der Waals surface area contributed by atoms with E-state index in [4.69, 9.17) is 16.3 Å². The van der Waals surface area contributed by atoms with Crippen LogP contribution in [0.5, 0.6) is 5.75 Å². The van der Waals surface area contributed by atoms with Crippen LogP contribution in [0.3, 0.4) is 0 Å². The molecule has 2 aromatic rings. The molecular weight excluding hydrogens is 376 g/mol. The number of hydrogen-bond donors (Lipinski definition) is 3. The third kappa shape index (κ3) is 4.87. The number of ether oxygens (including phenoxy) is 1. The minimum atomic E-state index is -2.63. The number of rotatable bonds is 7. The normalized spacial score (nSPS) is 14.0. The van der Waals surface area contributed by atoms with Gasteiger partial charge in [0.2, 0.25) is 5.91 Å². The molecule has 0 aromatic heterocycles. The number of benzene rings is 2. The highest BCUT2D eigenvalue weighted by molar-refractivity contribution is 6.30. The highest BCUT2D eigenvalue weighted by atomic mass is 35.5. The minimum absolute atomic E-state index is 0.385. The first-order valence-electron chi connectivity index (χ1n) is 8.45. The molecule has 27 heavy (non-hydrogen) atoms. The molecule has 1 aliphatic heterocycles. The van der Waals surface area contributed by atoms with Crippen molar-refractivity contribution in [3.05, 3.63) is 58.1 Å².